The van der Waals surface area contributed by atoms with Gasteiger partial charge in [0.05, 0.1) is 0 Å². The molecule has 1 N–H and O–H groups in total. The summed E-state index contributed by atoms with van der Waals surface area (Å²) in [5.74, 6) is 0.471. The highest BCUT2D eigenvalue weighted by Gasteiger charge is 2.08. The fraction of sp³-hybridized carbons (Fsp3) is 0.417. The van der Waals surface area contributed by atoms with E-state index in [4.69, 9.17) is 0 Å². The second kappa shape index (κ2) is 4.80. The number of rotatable bonds is 3. The molecule has 1 rings (SSSR count). The highest BCUT2D eigenvalue weighted by Crippen LogP contribution is 2.26. The van der Waals surface area contributed by atoms with Crippen LogP contribution in [-0.4, -0.2) is 5.91 Å². The summed E-state index contributed by atoms with van der Waals surface area (Å²) in [7, 11) is 0. The maximum absolute atomic E-state index is 11.0. The second-order valence-electron chi connectivity index (χ2n) is 3.58. The monoisotopic (exact) mass is 191 g/mol. The molecule has 0 aromatic heterocycles. The zero-order valence-corrected chi connectivity index (χ0v) is 9.00. The van der Waals surface area contributed by atoms with Crippen molar-refractivity contribution in [3.63, 3.8) is 0 Å². The Morgan fingerprint density at radius 2 is 2.07 bits per heavy atom. The van der Waals surface area contributed by atoms with Crippen molar-refractivity contribution in [3.8, 4) is 0 Å². The van der Waals surface area contributed by atoms with Crippen LogP contribution in [0.5, 0.6) is 0 Å². The average Bonchev–Trinajstić information content (AvgIpc) is 2.16. The molecule has 1 amide bonds. The Morgan fingerprint density at radius 1 is 1.43 bits per heavy atom. The number of carbonyl (C=O) groups is 1. The molecule has 0 fully saturated rings. The molecule has 1 atom stereocenters. The number of para-hydroxylation sites is 1. The zero-order chi connectivity index (χ0) is 10.6. The van der Waals surface area contributed by atoms with Crippen LogP contribution in [0.2, 0.25) is 0 Å². The molecule has 14 heavy (non-hydrogen) atoms. The second-order valence-corrected chi connectivity index (χ2v) is 3.58. The van der Waals surface area contributed by atoms with Crippen molar-refractivity contribution in [2.75, 3.05) is 5.32 Å². The summed E-state index contributed by atoms with van der Waals surface area (Å²) in [6.45, 7) is 5.85. The molecule has 0 radical (unpaired) electrons. The van der Waals surface area contributed by atoms with Crippen LogP contribution in [0.1, 0.15) is 38.7 Å². The topological polar surface area (TPSA) is 29.1 Å². The highest BCUT2D eigenvalue weighted by atomic mass is 16.1. The highest BCUT2D eigenvalue weighted by molar-refractivity contribution is 5.89. The van der Waals surface area contributed by atoms with Gasteiger partial charge in [0.2, 0.25) is 5.91 Å². The van der Waals surface area contributed by atoms with Crippen LogP contribution in [-0.2, 0) is 4.79 Å². The molecule has 0 heterocycles. The first-order valence-electron chi connectivity index (χ1n) is 5.01. The molecule has 2 nitrogen and oxygen atoms in total. The lowest BCUT2D eigenvalue weighted by Gasteiger charge is -2.14. The minimum Gasteiger partial charge on any atom is -0.326 e. The predicted octanol–water partition coefficient (Wildman–Crippen LogP) is 3.16. The van der Waals surface area contributed by atoms with Gasteiger partial charge in [-0.1, -0.05) is 32.0 Å². The van der Waals surface area contributed by atoms with Crippen molar-refractivity contribution in [2.45, 2.75) is 33.1 Å². The van der Waals surface area contributed by atoms with E-state index in [0.717, 1.165) is 12.1 Å². The van der Waals surface area contributed by atoms with Gasteiger partial charge in [-0.05, 0) is 24.0 Å². The Labute approximate surface area is 85.3 Å². The molecule has 0 spiro atoms. The first kappa shape index (κ1) is 10.8. The lowest BCUT2D eigenvalue weighted by Crippen LogP contribution is -2.09. The molecule has 76 valence electrons. The third-order valence-corrected chi connectivity index (χ3v) is 2.41. The van der Waals surface area contributed by atoms with Crippen molar-refractivity contribution < 1.29 is 4.79 Å². The van der Waals surface area contributed by atoms with Crippen molar-refractivity contribution in [1.29, 1.82) is 0 Å². The summed E-state index contributed by atoms with van der Waals surface area (Å²) in [6, 6.07) is 7.96. The van der Waals surface area contributed by atoms with Crippen LogP contribution >= 0.6 is 0 Å². The third kappa shape index (κ3) is 2.59. The molecule has 0 aliphatic heterocycles. The molecule has 0 bridgehead atoms. The van der Waals surface area contributed by atoms with Gasteiger partial charge in [0, 0.05) is 12.6 Å². The minimum atomic E-state index is -0.0132. The summed E-state index contributed by atoms with van der Waals surface area (Å²) >= 11 is 0. The van der Waals surface area contributed by atoms with Crippen LogP contribution in [0, 0.1) is 0 Å². The van der Waals surface area contributed by atoms with E-state index < -0.39 is 0 Å². The molecule has 0 saturated heterocycles. The van der Waals surface area contributed by atoms with Gasteiger partial charge >= 0.3 is 0 Å². The number of hydrogen-bond acceptors (Lipinski definition) is 1. The van der Waals surface area contributed by atoms with Crippen molar-refractivity contribution in [2.24, 2.45) is 0 Å². The van der Waals surface area contributed by atoms with Gasteiger partial charge in [-0.2, -0.15) is 0 Å². The average molecular weight is 191 g/mol. The van der Waals surface area contributed by atoms with Gasteiger partial charge in [-0.3, -0.25) is 4.79 Å². The molecule has 2 heteroatoms. The van der Waals surface area contributed by atoms with Crippen LogP contribution < -0.4 is 5.32 Å². The van der Waals surface area contributed by atoms with E-state index in [0.29, 0.717) is 5.92 Å². The Hall–Kier alpha value is -1.31. The predicted molar refractivity (Wildman–Crippen MR) is 59.5 cm³/mol. The van der Waals surface area contributed by atoms with Crippen LogP contribution in [0.15, 0.2) is 24.3 Å². The van der Waals surface area contributed by atoms with Gasteiger partial charge in [-0.15, -0.1) is 0 Å². The number of hydrogen-bond donors (Lipinski definition) is 1. The Morgan fingerprint density at radius 3 is 2.64 bits per heavy atom. The molecule has 1 aromatic carbocycles. The molecule has 1 unspecified atom stereocenters. The summed E-state index contributed by atoms with van der Waals surface area (Å²) in [5.41, 5.74) is 2.15. The normalized spacial score (nSPS) is 12.2. The van der Waals surface area contributed by atoms with E-state index in [2.05, 4.69) is 25.2 Å². The van der Waals surface area contributed by atoms with E-state index >= 15 is 0 Å². The molecule has 0 saturated carbocycles. The minimum absolute atomic E-state index is 0.0132. The van der Waals surface area contributed by atoms with Gasteiger partial charge in [-0.25, -0.2) is 0 Å². The molecule has 0 aliphatic carbocycles. The van der Waals surface area contributed by atoms with Crippen LogP contribution in [0.25, 0.3) is 0 Å². The number of benzene rings is 1. The van der Waals surface area contributed by atoms with Crippen LogP contribution in [0.3, 0.4) is 0 Å². The van der Waals surface area contributed by atoms with Crippen molar-refractivity contribution in [1.82, 2.24) is 0 Å². The quantitative estimate of drug-likeness (QED) is 0.781. The Kier molecular flexibility index (Phi) is 3.69. The SMILES string of the molecule is CCC(C)c1ccccc1NC(C)=O. The van der Waals surface area contributed by atoms with E-state index in [1.165, 1.54) is 12.5 Å². The number of anilines is 1. The molecule has 0 aliphatic rings. The number of amides is 1. The van der Waals surface area contributed by atoms with Gasteiger partial charge < -0.3 is 5.32 Å². The fourth-order valence-electron chi connectivity index (χ4n) is 1.45. The number of nitrogens with one attached hydrogen (secondary N) is 1. The summed E-state index contributed by atoms with van der Waals surface area (Å²) < 4.78 is 0. The zero-order valence-electron chi connectivity index (χ0n) is 9.00. The smallest absolute Gasteiger partial charge is 0.221 e. The maximum Gasteiger partial charge on any atom is 0.221 e. The lowest BCUT2D eigenvalue weighted by molar-refractivity contribution is -0.114. The summed E-state index contributed by atoms with van der Waals surface area (Å²) in [6.07, 6.45) is 1.08. The number of carbonyl (C=O) groups excluding carboxylic acids is 1. The van der Waals surface area contributed by atoms with Crippen molar-refractivity contribution in [3.05, 3.63) is 29.8 Å². The lowest BCUT2D eigenvalue weighted by atomic mass is 9.97. The summed E-state index contributed by atoms with van der Waals surface area (Å²) in [5, 5.41) is 2.85. The largest absolute Gasteiger partial charge is 0.326 e. The van der Waals surface area contributed by atoms with Crippen molar-refractivity contribution >= 4 is 11.6 Å². The van der Waals surface area contributed by atoms with E-state index in [9.17, 15) is 4.79 Å². The molecular formula is C12H17NO. The molecular weight excluding hydrogens is 174 g/mol. The Balaban J connectivity index is 2.96. The van der Waals surface area contributed by atoms with E-state index in [1.54, 1.807) is 0 Å². The third-order valence-electron chi connectivity index (χ3n) is 2.41. The van der Waals surface area contributed by atoms with Gasteiger partial charge in [0.15, 0.2) is 0 Å². The van der Waals surface area contributed by atoms with Gasteiger partial charge in [0.1, 0.15) is 0 Å². The standard InChI is InChI=1S/C12H17NO/c1-4-9(2)11-7-5-6-8-12(11)13-10(3)14/h5-9H,4H2,1-3H3,(H,13,14). The fourth-order valence-corrected chi connectivity index (χ4v) is 1.45. The first-order chi connectivity index (χ1) is 6.65. The van der Waals surface area contributed by atoms with E-state index in [1.807, 2.05) is 18.2 Å². The van der Waals surface area contributed by atoms with Gasteiger partial charge in [0.25, 0.3) is 0 Å². The molecule has 1 aromatic rings. The summed E-state index contributed by atoms with van der Waals surface area (Å²) in [4.78, 5) is 11.0. The first-order valence-corrected chi connectivity index (χ1v) is 5.01. The maximum atomic E-state index is 11.0. The van der Waals surface area contributed by atoms with E-state index in [-0.39, 0.29) is 5.91 Å². The Bertz CT molecular complexity index is 320. The van der Waals surface area contributed by atoms with Crippen LogP contribution in [0.4, 0.5) is 5.69 Å².